The summed E-state index contributed by atoms with van der Waals surface area (Å²) in [4.78, 5) is 16.4. The number of nitrogens with zero attached hydrogens (tertiary/aromatic N) is 1. The number of rotatable bonds is 1. The van der Waals surface area contributed by atoms with Crippen LogP contribution in [0.5, 0.6) is 0 Å². The van der Waals surface area contributed by atoms with Gasteiger partial charge in [0.2, 0.25) is 0 Å². The van der Waals surface area contributed by atoms with Crippen molar-refractivity contribution in [2.75, 3.05) is 12.8 Å². The number of methoxy groups -OCH3 is 1. The quantitative estimate of drug-likeness (QED) is 0.682. The maximum atomic E-state index is 11.3. The molecule has 0 spiro atoms. The Morgan fingerprint density at radius 2 is 2.54 bits per heavy atom. The van der Waals surface area contributed by atoms with E-state index in [1.807, 2.05) is 0 Å². The van der Waals surface area contributed by atoms with Crippen molar-refractivity contribution in [1.82, 2.24) is 4.98 Å². The van der Waals surface area contributed by atoms with E-state index in [0.717, 1.165) is 23.4 Å². The highest BCUT2D eigenvalue weighted by Crippen LogP contribution is 2.38. The normalized spacial score (nSPS) is 19.9. The minimum atomic E-state index is -0.178. The Kier molecular flexibility index (Phi) is 1.95. The molecule has 0 amide bonds. The molecule has 1 aromatic rings. The van der Waals surface area contributed by atoms with E-state index in [9.17, 15) is 4.79 Å². The molecule has 2 rings (SSSR count). The van der Waals surface area contributed by atoms with Gasteiger partial charge in [-0.25, -0.2) is 4.98 Å². The van der Waals surface area contributed by atoms with Crippen LogP contribution in [0, 0.1) is 0 Å². The molecule has 0 radical (unpaired) electrons. The van der Waals surface area contributed by atoms with Gasteiger partial charge in [-0.05, 0) is 12.8 Å². The molecule has 0 bridgehead atoms. The zero-order valence-corrected chi connectivity index (χ0v) is 8.06. The minimum absolute atomic E-state index is 0.130. The Labute approximate surface area is 79.7 Å². The number of fused-ring (bicyclic) bond motifs is 1. The van der Waals surface area contributed by atoms with Crippen molar-refractivity contribution in [3.63, 3.8) is 0 Å². The maximum absolute atomic E-state index is 11.3. The van der Waals surface area contributed by atoms with Gasteiger partial charge in [0.25, 0.3) is 0 Å². The second kappa shape index (κ2) is 2.99. The molecule has 1 aliphatic carbocycles. The van der Waals surface area contributed by atoms with Crippen molar-refractivity contribution in [3.05, 3.63) is 10.6 Å². The first kappa shape index (κ1) is 8.50. The van der Waals surface area contributed by atoms with Crippen molar-refractivity contribution < 1.29 is 9.53 Å². The molecule has 1 unspecified atom stereocenters. The average Bonchev–Trinajstić information content (AvgIpc) is 2.61. The molecule has 1 atom stereocenters. The summed E-state index contributed by atoms with van der Waals surface area (Å²) in [5.74, 6) is -0.308. The number of hydrogen-bond donors (Lipinski definition) is 1. The molecule has 0 fully saturated rings. The number of thiazole rings is 1. The van der Waals surface area contributed by atoms with Crippen molar-refractivity contribution in [3.8, 4) is 0 Å². The smallest absolute Gasteiger partial charge is 0.314 e. The van der Waals surface area contributed by atoms with E-state index in [1.54, 1.807) is 0 Å². The van der Waals surface area contributed by atoms with Crippen LogP contribution in [0.25, 0.3) is 0 Å². The van der Waals surface area contributed by atoms with Crippen molar-refractivity contribution in [2.45, 2.75) is 18.8 Å². The second-order valence-electron chi connectivity index (χ2n) is 2.98. The average molecular weight is 198 g/mol. The molecule has 70 valence electrons. The van der Waals surface area contributed by atoms with Crippen molar-refractivity contribution >= 4 is 22.4 Å². The van der Waals surface area contributed by atoms with Gasteiger partial charge in [0.05, 0.1) is 18.7 Å². The van der Waals surface area contributed by atoms with Gasteiger partial charge in [0.15, 0.2) is 5.13 Å². The number of nitrogens with two attached hydrogens (primary N) is 1. The standard InChI is InChI=1S/C8H10N2O2S/c1-12-7(11)4-2-3-5-6(4)13-8(9)10-5/h4H,2-3H2,1H3,(H2,9,10). The van der Waals surface area contributed by atoms with Crippen molar-refractivity contribution in [1.29, 1.82) is 0 Å². The van der Waals surface area contributed by atoms with E-state index in [-0.39, 0.29) is 11.9 Å². The summed E-state index contributed by atoms with van der Waals surface area (Å²) in [6.45, 7) is 0. The molecule has 1 heterocycles. The zero-order chi connectivity index (χ0) is 9.42. The lowest BCUT2D eigenvalue weighted by molar-refractivity contribution is -0.142. The summed E-state index contributed by atoms with van der Waals surface area (Å²) in [5, 5.41) is 0.540. The van der Waals surface area contributed by atoms with Crippen LogP contribution < -0.4 is 5.73 Å². The molecule has 1 aliphatic rings. The topological polar surface area (TPSA) is 65.2 Å². The summed E-state index contributed by atoms with van der Waals surface area (Å²) in [5.41, 5.74) is 6.52. The van der Waals surface area contributed by atoms with Crippen LogP contribution >= 0.6 is 11.3 Å². The number of carbonyl (C=O) groups is 1. The first-order valence-electron chi connectivity index (χ1n) is 4.05. The molecule has 4 nitrogen and oxygen atoms in total. The van der Waals surface area contributed by atoms with E-state index in [4.69, 9.17) is 10.5 Å². The number of anilines is 1. The van der Waals surface area contributed by atoms with E-state index in [2.05, 4.69) is 4.98 Å². The molecular formula is C8H10N2O2S. The number of hydrogen-bond acceptors (Lipinski definition) is 5. The van der Waals surface area contributed by atoms with Crippen LogP contribution in [0.1, 0.15) is 22.9 Å². The highest BCUT2D eigenvalue weighted by molar-refractivity contribution is 7.15. The van der Waals surface area contributed by atoms with E-state index in [1.165, 1.54) is 18.4 Å². The second-order valence-corrected chi connectivity index (χ2v) is 4.04. The third-order valence-electron chi connectivity index (χ3n) is 2.22. The Balaban J connectivity index is 2.32. The van der Waals surface area contributed by atoms with E-state index < -0.39 is 0 Å². The predicted octanol–water partition coefficient (Wildman–Crippen LogP) is 0.928. The Hall–Kier alpha value is -1.10. The number of aryl methyl sites for hydroxylation is 1. The summed E-state index contributed by atoms with van der Waals surface area (Å²) in [6.07, 6.45) is 1.64. The Morgan fingerprint density at radius 3 is 3.23 bits per heavy atom. The lowest BCUT2D eigenvalue weighted by Gasteiger charge is -2.04. The number of aromatic nitrogens is 1. The molecule has 13 heavy (non-hydrogen) atoms. The number of carbonyl (C=O) groups excluding carboxylic acids is 1. The minimum Gasteiger partial charge on any atom is -0.469 e. The van der Waals surface area contributed by atoms with Crippen molar-refractivity contribution in [2.24, 2.45) is 0 Å². The largest absolute Gasteiger partial charge is 0.469 e. The lowest BCUT2D eigenvalue weighted by atomic mass is 10.1. The summed E-state index contributed by atoms with van der Waals surface area (Å²) < 4.78 is 4.70. The van der Waals surface area contributed by atoms with Gasteiger partial charge in [-0.15, -0.1) is 11.3 Å². The first-order chi connectivity index (χ1) is 6.22. The summed E-state index contributed by atoms with van der Waals surface area (Å²) in [7, 11) is 1.41. The molecule has 0 aromatic carbocycles. The van der Waals surface area contributed by atoms with Gasteiger partial charge >= 0.3 is 5.97 Å². The molecule has 2 N–H and O–H groups in total. The molecule has 1 aromatic heterocycles. The monoisotopic (exact) mass is 198 g/mol. The lowest BCUT2D eigenvalue weighted by Crippen LogP contribution is -2.10. The van der Waals surface area contributed by atoms with Gasteiger partial charge in [-0.3, -0.25) is 4.79 Å². The SMILES string of the molecule is COC(=O)C1CCc2nc(N)sc21. The first-order valence-corrected chi connectivity index (χ1v) is 4.87. The van der Waals surface area contributed by atoms with E-state index >= 15 is 0 Å². The fourth-order valence-corrected chi connectivity index (χ4v) is 2.62. The number of esters is 1. The van der Waals surface area contributed by atoms with Gasteiger partial charge < -0.3 is 10.5 Å². The molecular weight excluding hydrogens is 188 g/mol. The summed E-state index contributed by atoms with van der Waals surface area (Å²) in [6, 6.07) is 0. The predicted molar refractivity (Wildman–Crippen MR) is 49.6 cm³/mol. The molecule has 0 aliphatic heterocycles. The Morgan fingerprint density at radius 1 is 1.77 bits per heavy atom. The third-order valence-corrected chi connectivity index (χ3v) is 3.26. The third kappa shape index (κ3) is 1.29. The molecule has 0 saturated carbocycles. The van der Waals surface area contributed by atoms with Crippen LogP contribution in [0.4, 0.5) is 5.13 Å². The van der Waals surface area contributed by atoms with Crippen LogP contribution in [-0.4, -0.2) is 18.1 Å². The fourth-order valence-electron chi connectivity index (χ4n) is 1.61. The van der Waals surface area contributed by atoms with Crippen LogP contribution in [0.15, 0.2) is 0 Å². The van der Waals surface area contributed by atoms with Crippen LogP contribution in [0.3, 0.4) is 0 Å². The highest BCUT2D eigenvalue weighted by atomic mass is 32.1. The van der Waals surface area contributed by atoms with Crippen LogP contribution in [-0.2, 0) is 16.0 Å². The van der Waals surface area contributed by atoms with Gasteiger partial charge in [-0.2, -0.15) is 0 Å². The van der Waals surface area contributed by atoms with Gasteiger partial charge in [0.1, 0.15) is 0 Å². The number of ether oxygens (including phenoxy) is 1. The Bertz CT molecular complexity index is 348. The summed E-state index contributed by atoms with van der Waals surface area (Å²) >= 11 is 1.39. The van der Waals surface area contributed by atoms with Gasteiger partial charge in [0, 0.05) is 4.88 Å². The highest BCUT2D eigenvalue weighted by Gasteiger charge is 2.32. The molecule has 5 heteroatoms. The zero-order valence-electron chi connectivity index (χ0n) is 7.24. The fraction of sp³-hybridized carbons (Fsp3) is 0.500. The van der Waals surface area contributed by atoms with E-state index in [0.29, 0.717) is 5.13 Å². The van der Waals surface area contributed by atoms with Gasteiger partial charge in [-0.1, -0.05) is 0 Å². The molecule has 0 saturated heterocycles. The number of nitrogen functional groups attached to an aromatic ring is 1. The maximum Gasteiger partial charge on any atom is 0.314 e. The van der Waals surface area contributed by atoms with Crippen LogP contribution in [0.2, 0.25) is 0 Å².